The number of nitrogens with zero attached hydrogens (tertiary/aromatic N) is 1. The normalized spacial score (nSPS) is 10.4. The van der Waals surface area contributed by atoms with Gasteiger partial charge in [0.2, 0.25) is 5.91 Å². The Morgan fingerprint density at radius 1 is 1.00 bits per heavy atom. The molecule has 1 amide bonds. The van der Waals surface area contributed by atoms with E-state index >= 15 is 0 Å². The fourth-order valence-corrected chi connectivity index (χ4v) is 2.53. The van der Waals surface area contributed by atoms with Gasteiger partial charge in [0.1, 0.15) is 11.5 Å². The molecule has 0 aliphatic rings. The van der Waals surface area contributed by atoms with Crippen LogP contribution in [0.1, 0.15) is 6.92 Å². The van der Waals surface area contributed by atoms with Gasteiger partial charge in [-0.05, 0) is 29.8 Å². The molecule has 0 atom stereocenters. The van der Waals surface area contributed by atoms with E-state index in [1.54, 1.807) is 14.2 Å². The number of hydrogen-bond donors (Lipinski definition) is 1. The zero-order chi connectivity index (χ0) is 17.8. The molecule has 3 rings (SSSR count). The van der Waals surface area contributed by atoms with Crippen molar-refractivity contribution in [2.24, 2.45) is 0 Å². The van der Waals surface area contributed by atoms with Gasteiger partial charge in [-0.2, -0.15) is 0 Å². The second kappa shape index (κ2) is 7.09. The smallest absolute Gasteiger partial charge is 0.222 e. The van der Waals surface area contributed by atoms with Crippen LogP contribution in [0.4, 0.5) is 5.82 Å². The molecule has 0 fully saturated rings. The van der Waals surface area contributed by atoms with Crippen molar-refractivity contribution in [2.75, 3.05) is 19.5 Å². The molecule has 128 valence electrons. The number of anilines is 1. The molecule has 1 heterocycles. The molecule has 0 saturated heterocycles. The second-order valence-corrected chi connectivity index (χ2v) is 5.38. The maximum atomic E-state index is 11.5. The molecule has 1 N–H and O–H groups in total. The number of rotatable bonds is 5. The maximum absolute atomic E-state index is 11.5. The molecule has 0 saturated carbocycles. The van der Waals surface area contributed by atoms with Gasteiger partial charge in [-0.15, -0.1) is 0 Å². The van der Waals surface area contributed by atoms with E-state index in [1.165, 1.54) is 6.92 Å². The Bertz CT molecular complexity index is 885. The van der Waals surface area contributed by atoms with Gasteiger partial charge in [0.15, 0.2) is 11.6 Å². The molecule has 3 aromatic rings. The summed E-state index contributed by atoms with van der Waals surface area (Å²) >= 11 is 0. The summed E-state index contributed by atoms with van der Waals surface area (Å²) in [6, 6.07) is 14.9. The number of hydrogen-bond acceptors (Lipinski definition) is 5. The molecule has 0 unspecified atom stereocenters. The van der Waals surface area contributed by atoms with Gasteiger partial charge >= 0.3 is 0 Å². The number of methoxy groups -OCH3 is 2. The van der Waals surface area contributed by atoms with E-state index in [2.05, 4.69) is 10.5 Å². The third-order valence-electron chi connectivity index (χ3n) is 3.70. The third kappa shape index (κ3) is 3.47. The monoisotopic (exact) mass is 338 g/mol. The summed E-state index contributed by atoms with van der Waals surface area (Å²) in [5.41, 5.74) is 2.35. The summed E-state index contributed by atoms with van der Waals surface area (Å²) in [5, 5.41) is 6.74. The molecule has 2 aromatic carbocycles. The first-order valence-corrected chi connectivity index (χ1v) is 7.68. The van der Waals surface area contributed by atoms with Crippen LogP contribution in [-0.2, 0) is 4.79 Å². The lowest BCUT2D eigenvalue weighted by atomic mass is 10.0. The highest BCUT2D eigenvalue weighted by Crippen LogP contribution is 2.39. The average Bonchev–Trinajstić information content (AvgIpc) is 3.04. The summed E-state index contributed by atoms with van der Waals surface area (Å²) in [6.45, 7) is 1.43. The minimum atomic E-state index is -0.222. The van der Waals surface area contributed by atoms with Crippen molar-refractivity contribution in [3.05, 3.63) is 48.5 Å². The van der Waals surface area contributed by atoms with Crippen molar-refractivity contribution >= 4 is 11.7 Å². The summed E-state index contributed by atoms with van der Waals surface area (Å²) < 4.78 is 16.0. The zero-order valence-electron chi connectivity index (χ0n) is 14.2. The van der Waals surface area contributed by atoms with Crippen LogP contribution in [0.25, 0.3) is 22.5 Å². The lowest BCUT2D eigenvalue weighted by molar-refractivity contribution is -0.114. The highest BCUT2D eigenvalue weighted by molar-refractivity contribution is 5.96. The van der Waals surface area contributed by atoms with Crippen molar-refractivity contribution in [1.29, 1.82) is 0 Å². The summed E-state index contributed by atoms with van der Waals surface area (Å²) in [4.78, 5) is 11.5. The number of nitrogens with one attached hydrogen (secondary N) is 1. The number of benzene rings is 2. The fraction of sp³-hybridized carbons (Fsp3) is 0.158. The van der Waals surface area contributed by atoms with Crippen LogP contribution < -0.4 is 14.8 Å². The first-order valence-electron chi connectivity index (χ1n) is 7.68. The Morgan fingerprint density at radius 3 is 2.36 bits per heavy atom. The lowest BCUT2D eigenvalue weighted by Gasteiger charge is -2.07. The predicted octanol–water partition coefficient (Wildman–Crippen LogP) is 3.98. The second-order valence-electron chi connectivity index (χ2n) is 5.38. The van der Waals surface area contributed by atoms with Crippen molar-refractivity contribution in [2.45, 2.75) is 6.92 Å². The van der Waals surface area contributed by atoms with E-state index in [0.717, 1.165) is 16.9 Å². The van der Waals surface area contributed by atoms with Gasteiger partial charge in [0, 0.05) is 12.5 Å². The maximum Gasteiger partial charge on any atom is 0.222 e. The van der Waals surface area contributed by atoms with Crippen LogP contribution in [0.2, 0.25) is 0 Å². The van der Waals surface area contributed by atoms with Crippen molar-refractivity contribution < 1.29 is 18.8 Å². The van der Waals surface area contributed by atoms with Crippen LogP contribution >= 0.6 is 0 Å². The Hall–Kier alpha value is -3.28. The van der Waals surface area contributed by atoms with E-state index < -0.39 is 0 Å². The molecule has 6 heteroatoms. The Kier molecular flexibility index (Phi) is 4.70. The van der Waals surface area contributed by atoms with Gasteiger partial charge in [-0.25, -0.2) is 0 Å². The first-order chi connectivity index (χ1) is 12.1. The van der Waals surface area contributed by atoms with E-state index in [-0.39, 0.29) is 5.91 Å². The molecule has 25 heavy (non-hydrogen) atoms. The van der Waals surface area contributed by atoms with Gasteiger partial charge in [-0.1, -0.05) is 29.4 Å². The molecular formula is C19H18N2O4. The van der Waals surface area contributed by atoms with Gasteiger partial charge < -0.3 is 19.3 Å². The van der Waals surface area contributed by atoms with Crippen LogP contribution in [0.5, 0.6) is 11.5 Å². The molecule has 1 aromatic heterocycles. The topological polar surface area (TPSA) is 73.6 Å². The quantitative estimate of drug-likeness (QED) is 0.761. The number of carbonyl (C=O) groups excluding carboxylic acids is 1. The number of amides is 1. The molecule has 0 bridgehead atoms. The Morgan fingerprint density at radius 2 is 1.72 bits per heavy atom. The number of aromatic nitrogens is 1. The van der Waals surface area contributed by atoms with Crippen molar-refractivity contribution in [1.82, 2.24) is 5.16 Å². The molecular weight excluding hydrogens is 320 g/mol. The summed E-state index contributed by atoms with van der Waals surface area (Å²) in [7, 11) is 3.21. The minimum absolute atomic E-state index is 0.222. The largest absolute Gasteiger partial charge is 0.497 e. The highest BCUT2D eigenvalue weighted by atomic mass is 16.5. The minimum Gasteiger partial charge on any atom is -0.497 e. The highest BCUT2D eigenvalue weighted by Gasteiger charge is 2.20. The first kappa shape index (κ1) is 16.6. The zero-order valence-corrected chi connectivity index (χ0v) is 14.2. The van der Waals surface area contributed by atoms with Crippen LogP contribution in [0, 0.1) is 0 Å². The van der Waals surface area contributed by atoms with Crippen molar-refractivity contribution in [3.63, 3.8) is 0 Å². The van der Waals surface area contributed by atoms with Gasteiger partial charge in [0.05, 0.1) is 19.8 Å². The van der Waals surface area contributed by atoms with E-state index in [1.807, 2.05) is 48.5 Å². The lowest BCUT2D eigenvalue weighted by Crippen LogP contribution is -2.06. The molecule has 0 aliphatic heterocycles. The molecule has 0 spiro atoms. The SMILES string of the molecule is COc1ccc(-c2c(NC(C)=O)noc2-c2cccc(OC)c2)cc1. The van der Waals surface area contributed by atoms with Crippen LogP contribution in [0.15, 0.2) is 53.1 Å². The van der Waals surface area contributed by atoms with E-state index in [9.17, 15) is 4.79 Å². The van der Waals surface area contributed by atoms with Gasteiger partial charge in [-0.3, -0.25) is 4.79 Å². The molecule has 6 nitrogen and oxygen atoms in total. The average molecular weight is 338 g/mol. The van der Waals surface area contributed by atoms with Crippen molar-refractivity contribution in [3.8, 4) is 33.9 Å². The summed E-state index contributed by atoms with van der Waals surface area (Å²) in [5.74, 6) is 2.14. The Balaban J connectivity index is 2.14. The van der Waals surface area contributed by atoms with Crippen LogP contribution in [0.3, 0.4) is 0 Å². The van der Waals surface area contributed by atoms with Gasteiger partial charge in [0.25, 0.3) is 0 Å². The number of ether oxygens (including phenoxy) is 2. The standard InChI is InChI=1S/C19H18N2O4/c1-12(22)20-19-17(13-7-9-15(23-2)10-8-13)18(25-21-19)14-5-4-6-16(11-14)24-3/h4-11H,1-3H3,(H,20,21,22). The predicted molar refractivity (Wildman–Crippen MR) is 94.8 cm³/mol. The fourth-order valence-electron chi connectivity index (χ4n) is 2.53. The third-order valence-corrected chi connectivity index (χ3v) is 3.70. The van der Waals surface area contributed by atoms with Crippen LogP contribution in [-0.4, -0.2) is 25.3 Å². The van der Waals surface area contributed by atoms with E-state index in [0.29, 0.717) is 22.9 Å². The molecule has 0 aliphatic carbocycles. The van der Waals surface area contributed by atoms with E-state index in [4.69, 9.17) is 14.0 Å². The Labute approximate surface area is 145 Å². The summed E-state index contributed by atoms with van der Waals surface area (Å²) in [6.07, 6.45) is 0. The number of carbonyl (C=O) groups is 1. The molecule has 0 radical (unpaired) electrons.